The highest BCUT2D eigenvalue weighted by molar-refractivity contribution is 5.39. The average Bonchev–Trinajstić information content (AvgIpc) is 2.36. The molecular formula is C9H15N2+. The normalized spacial score (nSPS) is 10.0. The molecule has 0 fully saturated rings. The number of aryl methyl sites for hydroxylation is 1. The van der Waals surface area contributed by atoms with Gasteiger partial charge in [-0.3, -0.25) is 0 Å². The maximum Gasteiger partial charge on any atom is 0.248 e. The van der Waals surface area contributed by atoms with Gasteiger partial charge in [0, 0.05) is 6.42 Å². The molecule has 1 rings (SSSR count). The number of hydrogen-bond acceptors (Lipinski definition) is 0. The Labute approximate surface area is 67.8 Å². The van der Waals surface area contributed by atoms with Gasteiger partial charge in [0.15, 0.2) is 0 Å². The van der Waals surface area contributed by atoms with Gasteiger partial charge in [0.2, 0.25) is 6.33 Å². The number of imidazole rings is 1. The van der Waals surface area contributed by atoms with Crippen LogP contribution in [0.3, 0.4) is 0 Å². The number of rotatable bonds is 3. The van der Waals surface area contributed by atoms with Crippen molar-refractivity contribution in [1.82, 2.24) is 4.57 Å². The zero-order valence-corrected chi connectivity index (χ0v) is 7.25. The molecule has 0 aliphatic rings. The minimum Gasteiger partial charge on any atom is -0.239 e. The lowest BCUT2D eigenvalue weighted by atomic mass is 10.3. The summed E-state index contributed by atoms with van der Waals surface area (Å²) in [6, 6.07) is 0. The standard InChI is InChI=1S/C9H15N2/c1-4-5-9(2)11-7-6-10(3)8-11/h6-8H,2,4-5H2,1,3H3/q+1. The van der Waals surface area contributed by atoms with Crippen LogP contribution in [0.1, 0.15) is 19.8 Å². The third-order valence-corrected chi connectivity index (χ3v) is 1.67. The van der Waals surface area contributed by atoms with Gasteiger partial charge in [-0.15, -0.1) is 0 Å². The summed E-state index contributed by atoms with van der Waals surface area (Å²) in [4.78, 5) is 0. The van der Waals surface area contributed by atoms with Crippen LogP contribution in [0.2, 0.25) is 0 Å². The quantitative estimate of drug-likeness (QED) is 0.580. The summed E-state index contributed by atoms with van der Waals surface area (Å²) in [5.41, 5.74) is 1.16. The van der Waals surface area contributed by atoms with Crippen molar-refractivity contribution in [2.24, 2.45) is 7.05 Å². The zero-order chi connectivity index (χ0) is 8.27. The Bertz CT molecular complexity index is 248. The summed E-state index contributed by atoms with van der Waals surface area (Å²) in [6.45, 7) is 6.14. The molecular weight excluding hydrogens is 136 g/mol. The van der Waals surface area contributed by atoms with Crippen molar-refractivity contribution >= 4 is 5.70 Å². The summed E-state index contributed by atoms with van der Waals surface area (Å²) in [5.74, 6) is 0. The first-order valence-electron chi connectivity index (χ1n) is 3.95. The van der Waals surface area contributed by atoms with E-state index in [9.17, 15) is 0 Å². The molecule has 0 saturated carbocycles. The molecule has 0 aliphatic carbocycles. The first-order valence-corrected chi connectivity index (χ1v) is 3.95. The highest BCUT2D eigenvalue weighted by atomic mass is 15.1. The van der Waals surface area contributed by atoms with Crippen molar-refractivity contribution < 1.29 is 4.57 Å². The second-order valence-corrected chi connectivity index (χ2v) is 2.80. The van der Waals surface area contributed by atoms with E-state index in [4.69, 9.17) is 0 Å². The molecule has 0 unspecified atom stereocenters. The Morgan fingerprint density at radius 2 is 2.36 bits per heavy atom. The lowest BCUT2D eigenvalue weighted by Gasteiger charge is -1.95. The van der Waals surface area contributed by atoms with Crippen LogP contribution in [-0.4, -0.2) is 4.57 Å². The van der Waals surface area contributed by atoms with Gasteiger partial charge in [-0.2, -0.15) is 0 Å². The third kappa shape index (κ3) is 1.93. The zero-order valence-electron chi connectivity index (χ0n) is 7.25. The van der Waals surface area contributed by atoms with E-state index in [1.807, 2.05) is 30.3 Å². The number of allylic oxidation sites excluding steroid dienone is 1. The first-order chi connectivity index (χ1) is 5.24. The van der Waals surface area contributed by atoms with Gasteiger partial charge in [0.05, 0.1) is 7.05 Å². The fraction of sp³-hybridized carbons (Fsp3) is 0.444. The largest absolute Gasteiger partial charge is 0.248 e. The van der Waals surface area contributed by atoms with Crippen molar-refractivity contribution in [3.05, 3.63) is 25.3 Å². The fourth-order valence-electron chi connectivity index (χ4n) is 1.05. The summed E-state index contributed by atoms with van der Waals surface area (Å²) < 4.78 is 4.07. The SMILES string of the molecule is C=C(CCC)n1cc[n+](C)c1. The maximum atomic E-state index is 3.98. The second-order valence-electron chi connectivity index (χ2n) is 2.80. The lowest BCUT2D eigenvalue weighted by molar-refractivity contribution is -0.670. The van der Waals surface area contributed by atoms with E-state index < -0.39 is 0 Å². The molecule has 11 heavy (non-hydrogen) atoms. The van der Waals surface area contributed by atoms with E-state index in [1.54, 1.807) is 0 Å². The molecule has 60 valence electrons. The average molecular weight is 151 g/mol. The Balaban J connectivity index is 2.69. The van der Waals surface area contributed by atoms with Gasteiger partial charge < -0.3 is 0 Å². The smallest absolute Gasteiger partial charge is 0.239 e. The highest BCUT2D eigenvalue weighted by Crippen LogP contribution is 2.06. The molecule has 1 heterocycles. The van der Waals surface area contributed by atoms with Crippen molar-refractivity contribution in [3.63, 3.8) is 0 Å². The summed E-state index contributed by atoms with van der Waals surface area (Å²) in [7, 11) is 2.01. The maximum absolute atomic E-state index is 3.98. The molecule has 0 spiro atoms. The molecule has 0 N–H and O–H groups in total. The molecule has 0 amide bonds. The fourth-order valence-corrected chi connectivity index (χ4v) is 1.05. The Morgan fingerprint density at radius 3 is 2.82 bits per heavy atom. The molecule has 0 aromatic carbocycles. The molecule has 1 aromatic heterocycles. The van der Waals surface area contributed by atoms with Crippen molar-refractivity contribution in [1.29, 1.82) is 0 Å². The number of aromatic nitrogens is 2. The van der Waals surface area contributed by atoms with Gasteiger partial charge in [0.25, 0.3) is 0 Å². The van der Waals surface area contributed by atoms with Gasteiger partial charge in [-0.25, -0.2) is 9.13 Å². The van der Waals surface area contributed by atoms with Crippen LogP contribution in [0, 0.1) is 0 Å². The van der Waals surface area contributed by atoms with Crippen molar-refractivity contribution in [2.75, 3.05) is 0 Å². The molecule has 0 saturated heterocycles. The predicted molar refractivity (Wildman–Crippen MR) is 45.8 cm³/mol. The van der Waals surface area contributed by atoms with Crippen LogP contribution >= 0.6 is 0 Å². The van der Waals surface area contributed by atoms with Crippen molar-refractivity contribution in [2.45, 2.75) is 19.8 Å². The Kier molecular flexibility index (Phi) is 2.47. The molecule has 2 nitrogen and oxygen atoms in total. The number of nitrogens with zero attached hydrogens (tertiary/aromatic N) is 2. The lowest BCUT2D eigenvalue weighted by Crippen LogP contribution is -2.23. The first kappa shape index (κ1) is 8.05. The summed E-state index contributed by atoms with van der Waals surface area (Å²) in [5, 5.41) is 0. The van der Waals surface area contributed by atoms with Gasteiger partial charge in [-0.05, 0) is 6.42 Å². The Morgan fingerprint density at radius 1 is 1.64 bits per heavy atom. The van der Waals surface area contributed by atoms with Crippen LogP contribution in [0.15, 0.2) is 25.3 Å². The van der Waals surface area contributed by atoms with Crippen LogP contribution in [0.4, 0.5) is 0 Å². The van der Waals surface area contributed by atoms with Crippen LogP contribution in [0.25, 0.3) is 5.70 Å². The number of hydrogen-bond donors (Lipinski definition) is 0. The van der Waals surface area contributed by atoms with Crippen LogP contribution < -0.4 is 4.57 Å². The van der Waals surface area contributed by atoms with Crippen LogP contribution in [0.5, 0.6) is 0 Å². The van der Waals surface area contributed by atoms with Gasteiger partial charge >= 0.3 is 0 Å². The van der Waals surface area contributed by atoms with E-state index in [2.05, 4.69) is 18.1 Å². The second kappa shape index (κ2) is 3.37. The van der Waals surface area contributed by atoms with Crippen molar-refractivity contribution in [3.8, 4) is 0 Å². The van der Waals surface area contributed by atoms with E-state index in [0.29, 0.717) is 0 Å². The predicted octanol–water partition coefficient (Wildman–Crippen LogP) is 1.58. The summed E-state index contributed by atoms with van der Waals surface area (Å²) >= 11 is 0. The van der Waals surface area contributed by atoms with E-state index in [1.165, 1.54) is 0 Å². The molecule has 0 atom stereocenters. The topological polar surface area (TPSA) is 8.81 Å². The molecule has 0 radical (unpaired) electrons. The van der Waals surface area contributed by atoms with E-state index >= 15 is 0 Å². The molecule has 1 aromatic rings. The van der Waals surface area contributed by atoms with Gasteiger partial charge in [-0.1, -0.05) is 13.5 Å². The van der Waals surface area contributed by atoms with E-state index in [0.717, 1.165) is 18.5 Å². The molecule has 0 aliphatic heterocycles. The highest BCUT2D eigenvalue weighted by Gasteiger charge is 2.02. The Hall–Kier alpha value is -1.05. The molecule has 2 heteroatoms. The minimum absolute atomic E-state index is 1.06. The third-order valence-electron chi connectivity index (χ3n) is 1.67. The summed E-state index contributed by atoms with van der Waals surface area (Å²) in [6.07, 6.45) is 8.28. The van der Waals surface area contributed by atoms with E-state index in [-0.39, 0.29) is 0 Å². The minimum atomic E-state index is 1.06. The van der Waals surface area contributed by atoms with Crippen LogP contribution in [-0.2, 0) is 7.05 Å². The van der Waals surface area contributed by atoms with Gasteiger partial charge in [0.1, 0.15) is 18.1 Å². The monoisotopic (exact) mass is 151 g/mol. The molecule has 0 bridgehead atoms.